The molecule has 1 aliphatic carbocycles. The maximum Gasteiger partial charge on any atom is 0.237 e. The van der Waals surface area contributed by atoms with Crippen LogP contribution in [0.4, 0.5) is 0 Å². The Bertz CT molecular complexity index is 1270. The molecule has 0 N–H and O–H groups in total. The Balaban J connectivity index is 1.34. The topological polar surface area (TPSA) is 74.8 Å². The molecular formula is C27H24Cl2N2O4. The number of benzene rings is 2. The fourth-order valence-electron chi connectivity index (χ4n) is 5.58. The summed E-state index contributed by atoms with van der Waals surface area (Å²) in [5, 5.41) is 1.00. The Morgan fingerprint density at radius 3 is 1.91 bits per heavy atom. The zero-order valence-corrected chi connectivity index (χ0v) is 20.6. The quantitative estimate of drug-likeness (QED) is 0.433. The van der Waals surface area contributed by atoms with Gasteiger partial charge in [-0.05, 0) is 42.5 Å². The lowest BCUT2D eigenvalue weighted by Gasteiger charge is -2.29. The van der Waals surface area contributed by atoms with Gasteiger partial charge in [0.15, 0.2) is 0 Å². The number of imide groups is 2. The summed E-state index contributed by atoms with van der Waals surface area (Å²) in [7, 11) is 0. The van der Waals surface area contributed by atoms with Crippen LogP contribution in [0.3, 0.4) is 0 Å². The normalized spacial score (nSPS) is 26.4. The molecule has 2 aliphatic heterocycles. The van der Waals surface area contributed by atoms with Gasteiger partial charge in [0, 0.05) is 16.5 Å². The third-order valence-corrected chi connectivity index (χ3v) is 8.12. The first-order valence-corrected chi connectivity index (χ1v) is 12.4. The molecule has 5 rings (SSSR count). The van der Waals surface area contributed by atoms with Crippen molar-refractivity contribution in [2.24, 2.45) is 23.7 Å². The molecule has 2 aromatic carbocycles. The highest BCUT2D eigenvalue weighted by Crippen LogP contribution is 2.45. The number of likely N-dealkylation sites (tertiary alicyclic amines) is 2. The van der Waals surface area contributed by atoms with Crippen LogP contribution in [-0.4, -0.2) is 33.4 Å². The maximum atomic E-state index is 13.3. The Morgan fingerprint density at radius 2 is 1.31 bits per heavy atom. The first-order valence-electron chi connectivity index (χ1n) is 11.6. The molecule has 0 saturated carbocycles. The summed E-state index contributed by atoms with van der Waals surface area (Å²) >= 11 is 12.5. The van der Waals surface area contributed by atoms with E-state index in [2.05, 4.69) is 0 Å². The van der Waals surface area contributed by atoms with Gasteiger partial charge in [-0.15, -0.1) is 0 Å². The van der Waals surface area contributed by atoms with Crippen LogP contribution in [0.15, 0.2) is 60.2 Å². The summed E-state index contributed by atoms with van der Waals surface area (Å²) in [6.45, 7) is 2.07. The average molecular weight is 511 g/mol. The molecule has 35 heavy (non-hydrogen) atoms. The molecule has 2 fully saturated rings. The second-order valence-electron chi connectivity index (χ2n) is 9.47. The third-order valence-electron chi connectivity index (χ3n) is 7.38. The number of allylic oxidation sites excluding steroid dienone is 1. The van der Waals surface area contributed by atoms with Crippen LogP contribution < -0.4 is 0 Å². The molecule has 0 radical (unpaired) electrons. The van der Waals surface area contributed by atoms with E-state index in [-0.39, 0.29) is 49.1 Å². The predicted octanol–water partition coefficient (Wildman–Crippen LogP) is 4.64. The molecule has 180 valence electrons. The number of rotatable bonds is 5. The fourth-order valence-corrected chi connectivity index (χ4v) is 5.97. The van der Waals surface area contributed by atoms with Crippen LogP contribution in [0.25, 0.3) is 0 Å². The van der Waals surface area contributed by atoms with Crippen LogP contribution >= 0.6 is 23.2 Å². The summed E-state index contributed by atoms with van der Waals surface area (Å²) in [6.07, 6.45) is 2.36. The van der Waals surface area contributed by atoms with Crippen LogP contribution in [0.5, 0.6) is 0 Å². The number of nitrogens with zero attached hydrogens (tertiary/aromatic N) is 2. The Morgan fingerprint density at radius 1 is 0.771 bits per heavy atom. The molecule has 8 heteroatoms. The maximum absolute atomic E-state index is 13.3. The van der Waals surface area contributed by atoms with Crippen LogP contribution in [-0.2, 0) is 32.3 Å². The van der Waals surface area contributed by atoms with Crippen molar-refractivity contribution in [1.82, 2.24) is 9.80 Å². The molecule has 0 unspecified atom stereocenters. The van der Waals surface area contributed by atoms with Gasteiger partial charge in [0.05, 0.1) is 30.8 Å². The van der Waals surface area contributed by atoms with E-state index in [1.54, 1.807) is 36.4 Å². The van der Waals surface area contributed by atoms with Gasteiger partial charge in [-0.1, -0.05) is 71.2 Å². The zero-order valence-electron chi connectivity index (χ0n) is 19.1. The second kappa shape index (κ2) is 9.25. The highest BCUT2D eigenvalue weighted by Gasteiger charge is 2.53. The van der Waals surface area contributed by atoms with E-state index in [9.17, 15) is 19.2 Å². The number of carbonyl (C=O) groups excluding carboxylic acids is 4. The molecule has 2 saturated heterocycles. The van der Waals surface area contributed by atoms with Crippen molar-refractivity contribution >= 4 is 46.8 Å². The summed E-state index contributed by atoms with van der Waals surface area (Å²) in [6, 6.07) is 14.3. The van der Waals surface area contributed by atoms with E-state index < -0.39 is 17.8 Å². The van der Waals surface area contributed by atoms with Gasteiger partial charge in [-0.2, -0.15) is 0 Å². The highest BCUT2D eigenvalue weighted by atomic mass is 35.5. The zero-order chi connectivity index (χ0) is 24.9. The smallest absolute Gasteiger partial charge is 0.237 e. The van der Waals surface area contributed by atoms with Gasteiger partial charge in [-0.25, -0.2) is 0 Å². The van der Waals surface area contributed by atoms with E-state index in [1.807, 2.05) is 25.1 Å². The second-order valence-corrected chi connectivity index (χ2v) is 10.3. The van der Waals surface area contributed by atoms with Crippen molar-refractivity contribution in [3.05, 3.63) is 81.4 Å². The van der Waals surface area contributed by atoms with Crippen molar-refractivity contribution in [1.29, 1.82) is 0 Å². The number of carbonyl (C=O) groups is 4. The first kappa shape index (κ1) is 23.8. The van der Waals surface area contributed by atoms with Gasteiger partial charge in [-0.3, -0.25) is 29.0 Å². The van der Waals surface area contributed by atoms with E-state index in [1.165, 1.54) is 9.80 Å². The summed E-state index contributed by atoms with van der Waals surface area (Å²) < 4.78 is 0. The van der Waals surface area contributed by atoms with Gasteiger partial charge in [0.1, 0.15) is 0 Å². The lowest BCUT2D eigenvalue weighted by Crippen LogP contribution is -2.34. The number of halogens is 2. The average Bonchev–Trinajstić information content (AvgIpc) is 3.24. The molecule has 2 heterocycles. The molecule has 3 aliphatic rings. The van der Waals surface area contributed by atoms with Crippen molar-refractivity contribution < 1.29 is 19.2 Å². The van der Waals surface area contributed by atoms with Crippen molar-refractivity contribution in [3.8, 4) is 0 Å². The van der Waals surface area contributed by atoms with Crippen LogP contribution in [0, 0.1) is 23.7 Å². The third kappa shape index (κ3) is 4.19. The van der Waals surface area contributed by atoms with Crippen LogP contribution in [0.2, 0.25) is 10.0 Å². The summed E-state index contributed by atoms with van der Waals surface area (Å²) in [5.41, 5.74) is 2.19. The number of amides is 4. The molecule has 0 aromatic heterocycles. The Kier molecular flexibility index (Phi) is 6.28. The van der Waals surface area contributed by atoms with Gasteiger partial charge in [0.25, 0.3) is 0 Å². The largest absolute Gasteiger partial charge is 0.278 e. The molecule has 0 bridgehead atoms. The van der Waals surface area contributed by atoms with E-state index in [0.717, 1.165) is 5.57 Å². The Hall–Kier alpha value is -2.96. The van der Waals surface area contributed by atoms with E-state index >= 15 is 0 Å². The van der Waals surface area contributed by atoms with Crippen molar-refractivity contribution in [3.63, 3.8) is 0 Å². The first-order chi connectivity index (χ1) is 16.8. The fraction of sp³-hybridized carbons (Fsp3) is 0.333. The van der Waals surface area contributed by atoms with Crippen LogP contribution in [0.1, 0.15) is 30.9 Å². The summed E-state index contributed by atoms with van der Waals surface area (Å²) in [4.78, 5) is 55.1. The van der Waals surface area contributed by atoms with Gasteiger partial charge < -0.3 is 0 Å². The van der Waals surface area contributed by atoms with Crippen molar-refractivity contribution in [2.45, 2.75) is 32.9 Å². The van der Waals surface area contributed by atoms with Crippen molar-refractivity contribution in [2.75, 3.05) is 0 Å². The molecule has 4 amide bonds. The molecule has 2 aromatic rings. The number of hydrogen-bond acceptors (Lipinski definition) is 4. The SMILES string of the molecule is CC1=C[C@@H]([C@@H]2CC(=O)N(Cc3ccccc3Cl)C2=O)C[C@@H]2C(=O)N(Cc3ccccc3Cl)C(=O)[C@H]12. The van der Waals surface area contributed by atoms with E-state index in [0.29, 0.717) is 27.6 Å². The van der Waals surface area contributed by atoms with E-state index in [4.69, 9.17) is 23.2 Å². The minimum Gasteiger partial charge on any atom is -0.278 e. The standard InChI is InChI=1S/C27H24Cl2N2O4/c1-15-10-18(19-12-23(32)30(25(19)33)13-16-6-2-4-8-21(16)28)11-20-24(15)27(35)31(26(20)34)14-17-7-3-5-9-22(17)29/h2-10,18-20,24H,11-14H2,1H3/t18-,19+,20+,24-/m1/s1. The Labute approximate surface area is 213 Å². The highest BCUT2D eigenvalue weighted by molar-refractivity contribution is 6.31. The minimum absolute atomic E-state index is 0.0839. The molecular weight excluding hydrogens is 487 g/mol. The number of fused-ring (bicyclic) bond motifs is 1. The molecule has 6 nitrogen and oxygen atoms in total. The monoisotopic (exact) mass is 510 g/mol. The molecule has 0 spiro atoms. The minimum atomic E-state index is -0.554. The predicted molar refractivity (Wildman–Crippen MR) is 131 cm³/mol. The molecule has 4 atom stereocenters. The summed E-state index contributed by atoms with van der Waals surface area (Å²) in [5.74, 6) is -2.91. The number of hydrogen-bond donors (Lipinski definition) is 0. The van der Waals surface area contributed by atoms with Gasteiger partial charge in [0.2, 0.25) is 23.6 Å². The lowest BCUT2D eigenvalue weighted by molar-refractivity contribution is -0.142. The lowest BCUT2D eigenvalue weighted by atomic mass is 9.71. The van der Waals surface area contributed by atoms with Gasteiger partial charge >= 0.3 is 0 Å².